The highest BCUT2D eigenvalue weighted by molar-refractivity contribution is 7.13. The lowest BCUT2D eigenvalue weighted by Crippen LogP contribution is -2.31. The van der Waals surface area contributed by atoms with Gasteiger partial charge in [0.15, 0.2) is 0 Å². The largest absolute Gasteiger partial charge is 0.449 e. The molecule has 2 aliphatic heterocycles. The first-order valence-corrected chi connectivity index (χ1v) is 18.8. The summed E-state index contributed by atoms with van der Waals surface area (Å²) in [5.74, 6) is 0.803. The summed E-state index contributed by atoms with van der Waals surface area (Å²) >= 11 is 2.72. The predicted octanol–water partition coefficient (Wildman–Crippen LogP) is 8.04. The van der Waals surface area contributed by atoms with Gasteiger partial charge in [0.25, 0.3) is 0 Å². The lowest BCUT2D eigenvalue weighted by molar-refractivity contribution is 0.130. The van der Waals surface area contributed by atoms with Gasteiger partial charge < -0.3 is 20.1 Å². The first-order chi connectivity index (χ1) is 24.9. The van der Waals surface area contributed by atoms with E-state index in [2.05, 4.69) is 31.2 Å². The zero-order chi connectivity index (χ0) is 35.8. The Hall–Kier alpha value is -4.05. The van der Waals surface area contributed by atoms with Crippen LogP contribution in [0, 0.1) is 11.8 Å². The number of aryl methyl sites for hydroxylation is 1. The van der Waals surface area contributed by atoms with E-state index in [1.54, 1.807) is 23.6 Å². The van der Waals surface area contributed by atoms with Gasteiger partial charge in [-0.25, -0.2) is 28.3 Å². The molecule has 0 unspecified atom stereocenters. The quantitative estimate of drug-likeness (QED) is 0.115. The molecule has 2 aromatic heterocycles. The summed E-state index contributed by atoms with van der Waals surface area (Å²) in [6, 6.07) is 14.6. The molecule has 4 N–H and O–H groups in total. The van der Waals surface area contributed by atoms with Gasteiger partial charge in [-0.15, -0.1) is 22.7 Å². The second kappa shape index (κ2) is 20.1. The van der Waals surface area contributed by atoms with E-state index in [9.17, 15) is 22.8 Å². The molecule has 4 heterocycles. The number of piperidine rings is 2. The van der Waals surface area contributed by atoms with Crippen molar-refractivity contribution in [1.82, 2.24) is 20.6 Å². The van der Waals surface area contributed by atoms with Gasteiger partial charge in [0, 0.05) is 28.3 Å². The van der Waals surface area contributed by atoms with Crippen LogP contribution < -0.4 is 21.3 Å². The van der Waals surface area contributed by atoms with Crippen LogP contribution in [0.15, 0.2) is 59.3 Å². The highest BCUT2D eigenvalue weighted by atomic mass is 32.1. The summed E-state index contributed by atoms with van der Waals surface area (Å²) in [6.07, 6.45) is 0.594. The Bertz CT molecular complexity index is 1680. The fourth-order valence-corrected chi connectivity index (χ4v) is 7.42. The number of carbonyl (C=O) groups excluding carboxylic acids is 2. The van der Waals surface area contributed by atoms with Crippen LogP contribution in [-0.2, 0) is 22.3 Å². The molecule has 0 radical (unpaired) electrons. The van der Waals surface area contributed by atoms with Crippen molar-refractivity contribution in [3.05, 3.63) is 70.7 Å². The van der Waals surface area contributed by atoms with Gasteiger partial charge in [-0.2, -0.15) is 0 Å². The number of nitrogens with one attached hydrogen (secondary N) is 4. The minimum Gasteiger partial charge on any atom is -0.449 e. The molecule has 2 aliphatic rings. The van der Waals surface area contributed by atoms with E-state index in [0.29, 0.717) is 59.1 Å². The number of ether oxygens (including phenoxy) is 2. The third-order valence-electron chi connectivity index (χ3n) is 8.42. The van der Waals surface area contributed by atoms with Crippen LogP contribution >= 0.6 is 22.7 Å². The molecule has 51 heavy (non-hydrogen) atoms. The summed E-state index contributed by atoms with van der Waals surface area (Å²) < 4.78 is 48.2. The van der Waals surface area contributed by atoms with Crippen molar-refractivity contribution >= 4 is 46.2 Å². The van der Waals surface area contributed by atoms with Crippen molar-refractivity contribution < 1.29 is 32.2 Å². The SMILES string of the molecule is O=C(Nc1ccccc1-c1nc(CC(F)F)cs1)OCC1CCNCC1.O=C(Nc1ccccc1-c1nc(CCF)cs1)OCC1CCNCC1. The first-order valence-electron chi connectivity index (χ1n) is 17.1. The Balaban J connectivity index is 0.000000198. The minimum atomic E-state index is -2.43. The number of nitrogens with zero attached hydrogens (tertiary/aromatic N) is 2. The Labute approximate surface area is 303 Å². The van der Waals surface area contributed by atoms with Crippen LogP contribution in [0.25, 0.3) is 21.1 Å². The molecule has 10 nitrogen and oxygen atoms in total. The Morgan fingerprint density at radius 2 is 1.20 bits per heavy atom. The lowest BCUT2D eigenvalue weighted by Gasteiger charge is -2.22. The fraction of sp³-hybridized carbons (Fsp3) is 0.444. The molecule has 4 aromatic rings. The van der Waals surface area contributed by atoms with Crippen molar-refractivity contribution in [1.29, 1.82) is 0 Å². The smallest absolute Gasteiger partial charge is 0.411 e. The molecule has 0 aliphatic carbocycles. The lowest BCUT2D eigenvalue weighted by atomic mass is 9.99. The standard InChI is InChI=1S/C18H21F2N3O2S.C18H22FN3O2S/c19-16(20)9-13-11-26-17(22-13)14-3-1-2-4-15(14)23-18(24)25-10-12-5-7-21-8-6-12;19-8-5-14-12-25-17(21-14)15-3-1-2-4-16(15)22-18(23)24-11-13-6-9-20-10-7-13/h1-4,11-12,16,21H,5-10H2,(H,23,24);1-4,12-13,20H,5-11H2,(H,22,23). The van der Waals surface area contributed by atoms with Crippen LogP contribution in [0.4, 0.5) is 34.1 Å². The summed E-state index contributed by atoms with van der Waals surface area (Å²) in [5.41, 5.74) is 3.79. The summed E-state index contributed by atoms with van der Waals surface area (Å²) in [5, 5.41) is 16.9. The van der Waals surface area contributed by atoms with E-state index in [0.717, 1.165) is 68.1 Å². The number of anilines is 2. The monoisotopic (exact) mass is 744 g/mol. The van der Waals surface area contributed by atoms with E-state index in [1.807, 2.05) is 35.7 Å². The van der Waals surface area contributed by atoms with E-state index in [1.165, 1.54) is 22.7 Å². The van der Waals surface area contributed by atoms with Crippen LogP contribution in [0.3, 0.4) is 0 Å². The Morgan fingerprint density at radius 1 is 0.745 bits per heavy atom. The Kier molecular flexibility index (Phi) is 15.1. The number of amides is 2. The number of alkyl halides is 3. The molecule has 2 saturated heterocycles. The maximum absolute atomic E-state index is 12.5. The van der Waals surface area contributed by atoms with E-state index in [-0.39, 0.29) is 6.42 Å². The first kappa shape index (κ1) is 38.2. The van der Waals surface area contributed by atoms with Crippen molar-refractivity contribution in [2.24, 2.45) is 11.8 Å². The number of hydrogen-bond donors (Lipinski definition) is 4. The van der Waals surface area contributed by atoms with Crippen molar-refractivity contribution in [2.75, 3.05) is 56.7 Å². The number of hydrogen-bond acceptors (Lipinski definition) is 10. The van der Waals surface area contributed by atoms with Gasteiger partial charge in [0.05, 0.1) is 49.1 Å². The van der Waals surface area contributed by atoms with Gasteiger partial charge in [0.2, 0.25) is 6.43 Å². The molecular weight excluding hydrogens is 702 g/mol. The minimum absolute atomic E-state index is 0.310. The number of aromatic nitrogens is 2. The summed E-state index contributed by atoms with van der Waals surface area (Å²) in [6.45, 7) is 4.26. The van der Waals surface area contributed by atoms with Gasteiger partial charge in [-0.1, -0.05) is 24.3 Å². The number of carbonyl (C=O) groups is 2. The molecule has 2 aromatic carbocycles. The number of para-hydroxylation sites is 2. The average molecular weight is 745 g/mol. The van der Waals surface area contributed by atoms with Crippen LogP contribution in [0.1, 0.15) is 37.1 Å². The maximum Gasteiger partial charge on any atom is 0.411 e. The predicted molar refractivity (Wildman–Crippen MR) is 196 cm³/mol. The fourth-order valence-electron chi connectivity index (χ4n) is 5.66. The third kappa shape index (κ3) is 12.3. The van der Waals surface area contributed by atoms with Crippen LogP contribution in [-0.4, -0.2) is 74.6 Å². The summed E-state index contributed by atoms with van der Waals surface area (Å²) in [4.78, 5) is 32.9. The molecule has 2 amide bonds. The Morgan fingerprint density at radius 3 is 1.67 bits per heavy atom. The van der Waals surface area contributed by atoms with Crippen molar-refractivity contribution in [3.63, 3.8) is 0 Å². The van der Waals surface area contributed by atoms with Crippen LogP contribution in [0.5, 0.6) is 0 Å². The van der Waals surface area contributed by atoms with Crippen molar-refractivity contribution in [2.45, 2.75) is 45.0 Å². The normalized spacial score (nSPS) is 15.1. The molecule has 0 atom stereocenters. The highest BCUT2D eigenvalue weighted by Crippen LogP contribution is 2.32. The zero-order valence-corrected chi connectivity index (χ0v) is 29.8. The average Bonchev–Trinajstić information content (AvgIpc) is 3.81. The molecule has 0 spiro atoms. The maximum atomic E-state index is 12.5. The number of thiazole rings is 2. The zero-order valence-electron chi connectivity index (χ0n) is 28.2. The van der Waals surface area contributed by atoms with Crippen LogP contribution in [0.2, 0.25) is 0 Å². The topological polar surface area (TPSA) is 126 Å². The van der Waals surface area contributed by atoms with Gasteiger partial charge in [0.1, 0.15) is 10.0 Å². The number of benzene rings is 2. The van der Waals surface area contributed by atoms with Gasteiger partial charge in [-0.3, -0.25) is 15.0 Å². The van der Waals surface area contributed by atoms with Crippen molar-refractivity contribution in [3.8, 4) is 21.1 Å². The number of rotatable bonds is 12. The molecular formula is C36H43F3N6O4S2. The second-order valence-corrected chi connectivity index (χ2v) is 14.0. The molecule has 0 bridgehead atoms. The molecule has 6 rings (SSSR count). The molecule has 0 saturated carbocycles. The number of halogens is 3. The van der Waals surface area contributed by atoms with Gasteiger partial charge >= 0.3 is 12.2 Å². The highest BCUT2D eigenvalue weighted by Gasteiger charge is 2.19. The molecule has 15 heteroatoms. The molecule has 274 valence electrons. The van der Waals surface area contributed by atoms with Gasteiger partial charge in [-0.05, 0) is 88.0 Å². The summed E-state index contributed by atoms with van der Waals surface area (Å²) in [7, 11) is 0. The van der Waals surface area contributed by atoms with E-state index < -0.39 is 25.3 Å². The second-order valence-electron chi connectivity index (χ2n) is 12.2. The van der Waals surface area contributed by atoms with E-state index in [4.69, 9.17) is 9.47 Å². The molecule has 2 fully saturated rings. The third-order valence-corrected chi connectivity index (χ3v) is 10.3. The van der Waals surface area contributed by atoms with E-state index >= 15 is 0 Å².